The fourth-order valence-corrected chi connectivity index (χ4v) is 3.55. The third-order valence-electron chi connectivity index (χ3n) is 5.39. The predicted molar refractivity (Wildman–Crippen MR) is 122 cm³/mol. The fourth-order valence-electron chi connectivity index (χ4n) is 3.55. The van der Waals surface area contributed by atoms with Gasteiger partial charge in [0.1, 0.15) is 5.82 Å². The van der Waals surface area contributed by atoms with E-state index >= 15 is 0 Å². The molecule has 1 amide bonds. The number of nitrogens with zero attached hydrogens (tertiary/aromatic N) is 3. The number of halogens is 1. The first-order chi connectivity index (χ1) is 15.0. The molecule has 0 saturated carbocycles. The normalized spacial score (nSPS) is 15.5. The minimum absolute atomic E-state index is 0.0297. The number of hydrogen-bond donors (Lipinski definition) is 2. The van der Waals surface area contributed by atoms with Gasteiger partial charge in [0.15, 0.2) is 5.96 Å². The molecule has 0 spiro atoms. The molecule has 2 aromatic carbocycles. The van der Waals surface area contributed by atoms with Crippen LogP contribution < -0.4 is 10.6 Å². The summed E-state index contributed by atoms with van der Waals surface area (Å²) in [6.07, 6.45) is 1.99. The number of likely N-dealkylation sites (tertiary alicyclic amines) is 1. The Kier molecular flexibility index (Phi) is 8.41. The molecule has 166 valence electrons. The number of carbonyl (C=O) groups is 1. The van der Waals surface area contributed by atoms with Crippen molar-refractivity contribution in [3.63, 3.8) is 0 Å². The summed E-state index contributed by atoms with van der Waals surface area (Å²) in [5, 5.41) is 6.59. The van der Waals surface area contributed by atoms with Crippen LogP contribution in [0, 0.1) is 5.82 Å². The molecule has 0 atom stereocenters. The molecule has 1 aliphatic heterocycles. The van der Waals surface area contributed by atoms with E-state index < -0.39 is 0 Å². The van der Waals surface area contributed by atoms with Gasteiger partial charge in [0, 0.05) is 39.8 Å². The van der Waals surface area contributed by atoms with Crippen LogP contribution in [0.1, 0.15) is 24.0 Å². The largest absolute Gasteiger partial charge is 0.354 e. The number of likely N-dealkylation sites (N-methyl/N-ethyl adjacent to an activating group) is 1. The number of nitrogens with one attached hydrogen (secondary N) is 2. The Balaban J connectivity index is 1.56. The van der Waals surface area contributed by atoms with Crippen LogP contribution in [0.2, 0.25) is 0 Å². The van der Waals surface area contributed by atoms with E-state index in [-0.39, 0.29) is 24.3 Å². The van der Waals surface area contributed by atoms with E-state index in [2.05, 4.69) is 44.8 Å². The number of piperidine rings is 1. The van der Waals surface area contributed by atoms with Crippen molar-refractivity contribution in [2.45, 2.75) is 32.0 Å². The van der Waals surface area contributed by atoms with Crippen LogP contribution >= 0.6 is 0 Å². The van der Waals surface area contributed by atoms with Gasteiger partial charge in [0.05, 0.1) is 13.1 Å². The summed E-state index contributed by atoms with van der Waals surface area (Å²) in [6, 6.07) is 17.2. The van der Waals surface area contributed by atoms with Gasteiger partial charge < -0.3 is 15.5 Å². The lowest BCUT2D eigenvalue weighted by atomic mass is 10.0. The van der Waals surface area contributed by atoms with Gasteiger partial charge in [0.25, 0.3) is 0 Å². The lowest BCUT2D eigenvalue weighted by Gasteiger charge is -2.33. The zero-order valence-corrected chi connectivity index (χ0v) is 18.4. The highest BCUT2D eigenvalue weighted by atomic mass is 19.1. The SMILES string of the molecule is CN(C)C(=O)CNC(=NCc1cccc(F)c1)NC1CCN(Cc2ccccc2)CC1. The van der Waals surface area contributed by atoms with Gasteiger partial charge >= 0.3 is 0 Å². The summed E-state index contributed by atoms with van der Waals surface area (Å²) in [6.45, 7) is 3.47. The average molecular weight is 426 g/mol. The molecule has 3 rings (SSSR count). The minimum Gasteiger partial charge on any atom is -0.354 e. The lowest BCUT2D eigenvalue weighted by molar-refractivity contribution is -0.127. The summed E-state index contributed by atoms with van der Waals surface area (Å²) >= 11 is 0. The van der Waals surface area contributed by atoms with Gasteiger partial charge in [-0.15, -0.1) is 0 Å². The summed E-state index contributed by atoms with van der Waals surface area (Å²) in [5.41, 5.74) is 2.12. The quantitative estimate of drug-likeness (QED) is 0.529. The molecule has 0 unspecified atom stereocenters. The molecule has 2 aromatic rings. The van der Waals surface area contributed by atoms with Crippen molar-refractivity contribution in [1.29, 1.82) is 0 Å². The maximum absolute atomic E-state index is 13.5. The average Bonchev–Trinajstić information content (AvgIpc) is 2.77. The Morgan fingerprint density at radius 1 is 1.10 bits per heavy atom. The zero-order valence-electron chi connectivity index (χ0n) is 18.4. The smallest absolute Gasteiger partial charge is 0.241 e. The van der Waals surface area contributed by atoms with E-state index in [9.17, 15) is 9.18 Å². The van der Waals surface area contributed by atoms with E-state index in [0.717, 1.165) is 38.0 Å². The van der Waals surface area contributed by atoms with Crippen LogP contribution in [-0.2, 0) is 17.9 Å². The van der Waals surface area contributed by atoms with E-state index in [1.54, 1.807) is 25.1 Å². The van der Waals surface area contributed by atoms with Crippen molar-refractivity contribution in [2.75, 3.05) is 33.7 Å². The van der Waals surface area contributed by atoms with E-state index in [1.165, 1.54) is 17.7 Å². The highest BCUT2D eigenvalue weighted by Gasteiger charge is 2.20. The Morgan fingerprint density at radius 3 is 2.48 bits per heavy atom. The molecule has 0 bridgehead atoms. The molecule has 6 nitrogen and oxygen atoms in total. The third kappa shape index (κ3) is 7.68. The summed E-state index contributed by atoms with van der Waals surface area (Å²) < 4.78 is 13.5. The first-order valence-corrected chi connectivity index (χ1v) is 10.8. The molecule has 1 fully saturated rings. The van der Waals surface area contributed by atoms with E-state index in [1.807, 2.05) is 12.1 Å². The zero-order chi connectivity index (χ0) is 22.1. The van der Waals surface area contributed by atoms with Crippen molar-refractivity contribution < 1.29 is 9.18 Å². The van der Waals surface area contributed by atoms with Crippen LogP contribution in [0.5, 0.6) is 0 Å². The maximum Gasteiger partial charge on any atom is 0.241 e. The Labute approximate surface area is 184 Å². The van der Waals surface area contributed by atoms with Crippen molar-refractivity contribution in [2.24, 2.45) is 4.99 Å². The molecular weight excluding hydrogens is 393 g/mol. The second-order valence-corrected chi connectivity index (χ2v) is 8.12. The highest BCUT2D eigenvalue weighted by molar-refractivity contribution is 5.86. The molecular formula is C24H32FN5O. The molecule has 0 radical (unpaired) electrons. The fraction of sp³-hybridized carbons (Fsp3) is 0.417. The number of aliphatic imine (C=N–C) groups is 1. The predicted octanol–water partition coefficient (Wildman–Crippen LogP) is 2.61. The number of hydrogen-bond acceptors (Lipinski definition) is 3. The number of benzene rings is 2. The van der Waals surface area contributed by atoms with Crippen molar-refractivity contribution in [3.8, 4) is 0 Å². The number of guanidine groups is 1. The van der Waals surface area contributed by atoms with Gasteiger partial charge in [-0.3, -0.25) is 9.69 Å². The Hall–Kier alpha value is -2.93. The first kappa shape index (κ1) is 22.7. The van der Waals surface area contributed by atoms with Crippen LogP contribution in [0.4, 0.5) is 4.39 Å². The van der Waals surface area contributed by atoms with Gasteiger partial charge in [-0.25, -0.2) is 9.38 Å². The van der Waals surface area contributed by atoms with Gasteiger partial charge in [-0.1, -0.05) is 42.5 Å². The lowest BCUT2D eigenvalue weighted by Crippen LogP contribution is -2.50. The molecule has 1 aliphatic rings. The molecule has 1 saturated heterocycles. The Morgan fingerprint density at radius 2 is 1.81 bits per heavy atom. The monoisotopic (exact) mass is 425 g/mol. The molecule has 1 heterocycles. The van der Waals surface area contributed by atoms with Crippen molar-refractivity contribution in [1.82, 2.24) is 20.4 Å². The maximum atomic E-state index is 13.5. The topological polar surface area (TPSA) is 60.0 Å². The molecule has 7 heteroatoms. The van der Waals surface area contributed by atoms with Gasteiger partial charge in [-0.05, 0) is 36.1 Å². The summed E-state index contributed by atoms with van der Waals surface area (Å²) in [5.74, 6) is 0.280. The third-order valence-corrected chi connectivity index (χ3v) is 5.39. The van der Waals surface area contributed by atoms with E-state index in [0.29, 0.717) is 12.5 Å². The summed E-state index contributed by atoms with van der Waals surface area (Å²) in [7, 11) is 3.45. The van der Waals surface area contributed by atoms with Crippen LogP contribution in [-0.4, -0.2) is 61.4 Å². The number of carbonyl (C=O) groups excluding carboxylic acids is 1. The van der Waals surface area contributed by atoms with Gasteiger partial charge in [-0.2, -0.15) is 0 Å². The number of amides is 1. The van der Waals surface area contributed by atoms with Crippen molar-refractivity contribution in [3.05, 3.63) is 71.5 Å². The van der Waals surface area contributed by atoms with Gasteiger partial charge in [0.2, 0.25) is 5.91 Å². The number of rotatable bonds is 7. The minimum atomic E-state index is -0.274. The van der Waals surface area contributed by atoms with Crippen LogP contribution in [0.15, 0.2) is 59.6 Å². The summed E-state index contributed by atoms with van der Waals surface area (Å²) in [4.78, 5) is 20.6. The molecule has 0 aliphatic carbocycles. The highest BCUT2D eigenvalue weighted by Crippen LogP contribution is 2.14. The molecule has 0 aromatic heterocycles. The second-order valence-electron chi connectivity index (χ2n) is 8.12. The second kappa shape index (κ2) is 11.5. The standard InChI is InChI=1S/C24H32FN5O/c1-29(2)23(31)17-27-24(26-16-20-9-6-10-21(25)15-20)28-22-11-13-30(14-12-22)18-19-7-4-3-5-8-19/h3-10,15,22H,11-14,16-18H2,1-2H3,(H2,26,27,28). The van der Waals surface area contributed by atoms with Crippen LogP contribution in [0.3, 0.4) is 0 Å². The first-order valence-electron chi connectivity index (χ1n) is 10.8. The molecule has 2 N–H and O–H groups in total. The Bertz CT molecular complexity index is 863. The van der Waals surface area contributed by atoms with Crippen LogP contribution in [0.25, 0.3) is 0 Å². The van der Waals surface area contributed by atoms with E-state index in [4.69, 9.17) is 0 Å². The van der Waals surface area contributed by atoms with Crippen molar-refractivity contribution >= 4 is 11.9 Å². The molecule has 31 heavy (non-hydrogen) atoms.